The predicted octanol–water partition coefficient (Wildman–Crippen LogP) is 0.916. The number of hydrogen-bond acceptors (Lipinski definition) is 3. The predicted molar refractivity (Wildman–Crippen MR) is 70.8 cm³/mol. The molecule has 1 aliphatic heterocycles. The van der Waals surface area contributed by atoms with Gasteiger partial charge in [-0.1, -0.05) is 18.9 Å². The number of rotatable bonds is 5. The van der Waals surface area contributed by atoms with Crippen LogP contribution in [0.3, 0.4) is 0 Å². The first-order valence-electron chi connectivity index (χ1n) is 6.59. The fourth-order valence-corrected chi connectivity index (χ4v) is 2.33. The van der Waals surface area contributed by atoms with Crippen LogP contribution in [0.4, 0.5) is 4.79 Å². The summed E-state index contributed by atoms with van der Waals surface area (Å²) in [6.07, 6.45) is 5.16. The second-order valence-electron chi connectivity index (χ2n) is 4.72. The summed E-state index contributed by atoms with van der Waals surface area (Å²) in [5.41, 5.74) is 0. The van der Waals surface area contributed by atoms with E-state index in [1.165, 1.54) is 11.0 Å². The summed E-state index contributed by atoms with van der Waals surface area (Å²) >= 11 is 0. The Kier molecular flexibility index (Phi) is 6.35. The summed E-state index contributed by atoms with van der Waals surface area (Å²) in [6, 6.07) is -0.542. The van der Waals surface area contributed by atoms with E-state index >= 15 is 0 Å². The van der Waals surface area contributed by atoms with Gasteiger partial charge in [0.2, 0.25) is 0 Å². The molecule has 1 atom stereocenters. The van der Waals surface area contributed by atoms with Crippen LogP contribution < -0.4 is 0 Å². The van der Waals surface area contributed by atoms with Crippen molar-refractivity contribution in [3.05, 3.63) is 12.7 Å². The molecule has 2 amide bonds. The highest BCUT2D eigenvalue weighted by atomic mass is 16.4. The van der Waals surface area contributed by atoms with Crippen LogP contribution in [0.25, 0.3) is 0 Å². The van der Waals surface area contributed by atoms with Crippen molar-refractivity contribution in [2.45, 2.75) is 31.7 Å². The molecule has 0 aliphatic carbocycles. The van der Waals surface area contributed by atoms with Crippen LogP contribution in [0.15, 0.2) is 12.7 Å². The zero-order valence-corrected chi connectivity index (χ0v) is 11.1. The summed E-state index contributed by atoms with van der Waals surface area (Å²) in [6.45, 7) is 3.87. The van der Waals surface area contributed by atoms with Crippen LogP contribution in [0.5, 0.6) is 0 Å². The molecule has 1 aliphatic rings. The molecule has 6 heteroatoms. The van der Waals surface area contributed by atoms with Crippen LogP contribution in [0, 0.1) is 0 Å². The zero-order valence-electron chi connectivity index (χ0n) is 11.1. The van der Waals surface area contributed by atoms with Gasteiger partial charge in [-0.2, -0.15) is 0 Å². The Bertz CT molecular complexity index is 333. The molecule has 108 valence electrons. The highest BCUT2D eigenvalue weighted by molar-refractivity contribution is 5.80. The Hall–Kier alpha value is -1.56. The number of aliphatic hydroxyl groups is 1. The summed E-state index contributed by atoms with van der Waals surface area (Å²) < 4.78 is 0. The first-order chi connectivity index (χ1) is 9.10. The Morgan fingerprint density at radius 1 is 1.37 bits per heavy atom. The molecule has 1 saturated heterocycles. The van der Waals surface area contributed by atoms with E-state index in [9.17, 15) is 14.7 Å². The number of likely N-dealkylation sites (tertiary alicyclic amines) is 1. The minimum Gasteiger partial charge on any atom is -0.480 e. The van der Waals surface area contributed by atoms with E-state index in [-0.39, 0.29) is 31.8 Å². The molecule has 2 N–H and O–H groups in total. The fraction of sp³-hybridized carbons (Fsp3) is 0.692. The third kappa shape index (κ3) is 4.55. The lowest BCUT2D eigenvalue weighted by atomic mass is 10.1. The highest BCUT2D eigenvalue weighted by Gasteiger charge is 2.28. The number of carboxylic acids is 1. The van der Waals surface area contributed by atoms with Crippen molar-refractivity contribution >= 4 is 12.0 Å². The standard InChI is InChI=1S/C13H22N2O4/c1-2-7-14(9-12(17)18)13(19)15-8-5-3-4-6-11(15)10-16/h2,11,16H,1,3-10H2,(H,17,18). The Morgan fingerprint density at radius 2 is 2.11 bits per heavy atom. The minimum absolute atomic E-state index is 0.0826. The molecular formula is C13H22N2O4. The van der Waals surface area contributed by atoms with E-state index in [1.54, 1.807) is 4.90 Å². The molecular weight excluding hydrogens is 248 g/mol. The quantitative estimate of drug-likeness (QED) is 0.728. The van der Waals surface area contributed by atoms with Gasteiger partial charge in [-0.25, -0.2) is 4.79 Å². The molecule has 0 bridgehead atoms. The topological polar surface area (TPSA) is 81.1 Å². The van der Waals surface area contributed by atoms with Gasteiger partial charge in [-0.05, 0) is 12.8 Å². The zero-order chi connectivity index (χ0) is 14.3. The summed E-state index contributed by atoms with van der Waals surface area (Å²) in [4.78, 5) is 26.0. The van der Waals surface area contributed by atoms with Crippen LogP contribution in [0.1, 0.15) is 25.7 Å². The monoisotopic (exact) mass is 270 g/mol. The van der Waals surface area contributed by atoms with Crippen molar-refractivity contribution in [2.75, 3.05) is 26.2 Å². The molecule has 1 rings (SSSR count). The van der Waals surface area contributed by atoms with Crippen LogP contribution in [-0.4, -0.2) is 64.3 Å². The van der Waals surface area contributed by atoms with Gasteiger partial charge in [0.25, 0.3) is 0 Å². The van der Waals surface area contributed by atoms with Gasteiger partial charge < -0.3 is 20.0 Å². The van der Waals surface area contributed by atoms with E-state index < -0.39 is 5.97 Å². The SMILES string of the molecule is C=CCN(CC(=O)O)C(=O)N1CCCCCC1CO. The largest absolute Gasteiger partial charge is 0.480 e. The van der Waals surface area contributed by atoms with Gasteiger partial charge in [0.15, 0.2) is 0 Å². The average Bonchev–Trinajstić information content (AvgIpc) is 2.61. The number of carbonyl (C=O) groups is 2. The average molecular weight is 270 g/mol. The van der Waals surface area contributed by atoms with Gasteiger partial charge in [-0.3, -0.25) is 4.79 Å². The Morgan fingerprint density at radius 3 is 2.68 bits per heavy atom. The molecule has 0 saturated carbocycles. The van der Waals surface area contributed by atoms with Crippen LogP contribution >= 0.6 is 0 Å². The maximum atomic E-state index is 12.4. The fourth-order valence-electron chi connectivity index (χ4n) is 2.33. The normalized spacial score (nSPS) is 19.6. The van der Waals surface area contributed by atoms with Crippen LogP contribution in [0.2, 0.25) is 0 Å². The lowest BCUT2D eigenvalue weighted by Gasteiger charge is -2.33. The number of hydrogen-bond donors (Lipinski definition) is 2. The molecule has 6 nitrogen and oxygen atoms in total. The molecule has 19 heavy (non-hydrogen) atoms. The lowest BCUT2D eigenvalue weighted by molar-refractivity contribution is -0.137. The van der Waals surface area contributed by atoms with Gasteiger partial charge in [0.05, 0.1) is 12.6 Å². The molecule has 0 aromatic carbocycles. The summed E-state index contributed by atoms with van der Waals surface area (Å²) in [5.74, 6) is -1.05. The molecule has 1 fully saturated rings. The number of nitrogens with zero attached hydrogens (tertiary/aromatic N) is 2. The van der Waals surface area contributed by atoms with Gasteiger partial charge in [-0.15, -0.1) is 6.58 Å². The van der Waals surface area contributed by atoms with Crippen molar-refractivity contribution in [2.24, 2.45) is 0 Å². The van der Waals surface area contributed by atoms with Crippen molar-refractivity contribution in [1.82, 2.24) is 9.80 Å². The molecule has 1 unspecified atom stereocenters. The number of aliphatic hydroxyl groups excluding tert-OH is 1. The molecule has 0 spiro atoms. The van der Waals surface area contributed by atoms with E-state index in [0.717, 1.165) is 25.7 Å². The summed E-state index contributed by atoms with van der Waals surface area (Å²) in [5, 5.41) is 18.2. The number of carbonyl (C=O) groups excluding carboxylic acids is 1. The van der Waals surface area contributed by atoms with Gasteiger partial charge in [0, 0.05) is 13.1 Å². The van der Waals surface area contributed by atoms with Crippen molar-refractivity contribution in [3.63, 3.8) is 0 Å². The van der Waals surface area contributed by atoms with Crippen molar-refractivity contribution < 1.29 is 19.8 Å². The Labute approximate surface area is 113 Å². The first-order valence-corrected chi connectivity index (χ1v) is 6.59. The number of aliphatic carboxylic acids is 1. The maximum absolute atomic E-state index is 12.4. The number of urea groups is 1. The molecule has 0 radical (unpaired) electrons. The van der Waals surface area contributed by atoms with Gasteiger partial charge >= 0.3 is 12.0 Å². The van der Waals surface area contributed by atoms with Crippen LogP contribution in [-0.2, 0) is 4.79 Å². The maximum Gasteiger partial charge on any atom is 0.323 e. The second kappa shape index (κ2) is 7.78. The van der Waals surface area contributed by atoms with E-state index in [1.807, 2.05) is 0 Å². The molecule has 0 aromatic rings. The first kappa shape index (κ1) is 15.5. The highest BCUT2D eigenvalue weighted by Crippen LogP contribution is 2.18. The van der Waals surface area contributed by atoms with Crippen molar-refractivity contribution in [3.8, 4) is 0 Å². The van der Waals surface area contributed by atoms with E-state index in [4.69, 9.17) is 5.11 Å². The second-order valence-corrected chi connectivity index (χ2v) is 4.72. The van der Waals surface area contributed by atoms with E-state index in [0.29, 0.717) is 6.54 Å². The summed E-state index contributed by atoms with van der Waals surface area (Å²) in [7, 11) is 0. The Balaban J connectivity index is 2.78. The lowest BCUT2D eigenvalue weighted by Crippen LogP contribution is -2.50. The molecule has 0 aromatic heterocycles. The van der Waals surface area contributed by atoms with E-state index in [2.05, 4.69) is 6.58 Å². The smallest absolute Gasteiger partial charge is 0.323 e. The number of amides is 2. The minimum atomic E-state index is -1.05. The van der Waals surface area contributed by atoms with Crippen molar-refractivity contribution in [1.29, 1.82) is 0 Å². The van der Waals surface area contributed by atoms with Gasteiger partial charge in [0.1, 0.15) is 6.54 Å². The third-order valence-electron chi connectivity index (χ3n) is 3.28. The number of carboxylic acid groups (broad SMARTS) is 1. The molecule has 1 heterocycles. The third-order valence-corrected chi connectivity index (χ3v) is 3.28.